The molecule has 0 aromatic heterocycles. The van der Waals surface area contributed by atoms with Crippen molar-refractivity contribution in [3.63, 3.8) is 0 Å². The van der Waals surface area contributed by atoms with Gasteiger partial charge in [-0.25, -0.2) is 9.59 Å². The third-order valence-electron chi connectivity index (χ3n) is 2.74. The molecule has 23 heavy (non-hydrogen) atoms. The summed E-state index contributed by atoms with van der Waals surface area (Å²) in [4.78, 5) is 23.8. The van der Waals surface area contributed by atoms with E-state index in [0.717, 1.165) is 0 Å². The molecule has 4 nitrogen and oxygen atoms in total. The second kappa shape index (κ2) is 7.49. The summed E-state index contributed by atoms with van der Waals surface area (Å²) in [6.45, 7) is 3.54. The van der Waals surface area contributed by atoms with Crippen molar-refractivity contribution in [1.82, 2.24) is 0 Å². The average molecular weight is 353 g/mol. The van der Waals surface area contributed by atoms with Crippen LogP contribution in [0, 0.1) is 0 Å². The molecule has 0 N–H and O–H groups in total. The number of esters is 2. The van der Waals surface area contributed by atoms with Gasteiger partial charge in [0.05, 0.1) is 17.2 Å². The van der Waals surface area contributed by atoms with E-state index in [1.165, 1.54) is 42.5 Å². The summed E-state index contributed by atoms with van der Waals surface area (Å²) in [5.74, 6) is -0.724. The van der Waals surface area contributed by atoms with Gasteiger partial charge >= 0.3 is 11.9 Å². The van der Waals surface area contributed by atoms with E-state index in [4.69, 9.17) is 32.7 Å². The first-order valence-electron chi connectivity index (χ1n) is 6.84. The maximum absolute atomic E-state index is 12.1. The van der Waals surface area contributed by atoms with Crippen molar-refractivity contribution in [2.75, 3.05) is 0 Å². The van der Waals surface area contributed by atoms with Crippen LogP contribution in [-0.2, 0) is 4.74 Å². The monoisotopic (exact) mass is 352 g/mol. The first kappa shape index (κ1) is 17.3. The summed E-state index contributed by atoms with van der Waals surface area (Å²) in [6.07, 6.45) is -0.201. The van der Waals surface area contributed by atoms with Crippen molar-refractivity contribution in [3.05, 3.63) is 63.6 Å². The predicted octanol–water partition coefficient (Wildman–Crippen LogP) is 4.78. The van der Waals surface area contributed by atoms with Gasteiger partial charge in [0, 0.05) is 10.0 Å². The fraction of sp³-hybridized carbons (Fsp3) is 0.176. The number of carbonyl (C=O) groups is 2. The summed E-state index contributed by atoms with van der Waals surface area (Å²) in [6, 6.07) is 10.5. The molecule has 2 rings (SSSR count). The van der Waals surface area contributed by atoms with E-state index in [1.807, 2.05) is 0 Å². The SMILES string of the molecule is CC(C)OC(=O)c1ccc(OC(=O)c2cc(Cl)cc(Cl)c2)cc1. The highest BCUT2D eigenvalue weighted by molar-refractivity contribution is 6.35. The Hall–Kier alpha value is -2.04. The van der Waals surface area contributed by atoms with E-state index in [0.29, 0.717) is 21.4 Å². The first-order valence-corrected chi connectivity index (χ1v) is 7.60. The van der Waals surface area contributed by atoms with Crippen LogP contribution in [0.2, 0.25) is 10.0 Å². The van der Waals surface area contributed by atoms with Gasteiger partial charge in [0.2, 0.25) is 0 Å². The third kappa shape index (κ3) is 4.98. The molecule has 0 bridgehead atoms. The molecule has 0 aliphatic heterocycles. The topological polar surface area (TPSA) is 52.6 Å². The van der Waals surface area contributed by atoms with Gasteiger partial charge in [-0.2, -0.15) is 0 Å². The highest BCUT2D eigenvalue weighted by Crippen LogP contribution is 2.21. The number of ether oxygens (including phenoxy) is 2. The molecule has 120 valence electrons. The quantitative estimate of drug-likeness (QED) is 0.586. The van der Waals surface area contributed by atoms with Crippen LogP contribution in [0.3, 0.4) is 0 Å². The van der Waals surface area contributed by atoms with Crippen molar-refractivity contribution in [2.45, 2.75) is 20.0 Å². The molecule has 6 heteroatoms. The minimum atomic E-state index is -0.591. The van der Waals surface area contributed by atoms with Crippen molar-refractivity contribution in [2.24, 2.45) is 0 Å². The fourth-order valence-electron chi connectivity index (χ4n) is 1.78. The molecule has 0 amide bonds. The van der Waals surface area contributed by atoms with E-state index in [9.17, 15) is 9.59 Å². The zero-order valence-electron chi connectivity index (χ0n) is 12.5. The summed E-state index contributed by atoms with van der Waals surface area (Å²) < 4.78 is 10.3. The molecule has 0 saturated heterocycles. The van der Waals surface area contributed by atoms with Gasteiger partial charge in [-0.15, -0.1) is 0 Å². The normalized spacial score (nSPS) is 10.5. The predicted molar refractivity (Wildman–Crippen MR) is 88.4 cm³/mol. The van der Waals surface area contributed by atoms with Crippen LogP contribution in [0.25, 0.3) is 0 Å². The Balaban J connectivity index is 2.08. The lowest BCUT2D eigenvalue weighted by molar-refractivity contribution is 0.0378. The highest BCUT2D eigenvalue weighted by Gasteiger charge is 2.12. The average Bonchev–Trinajstić information content (AvgIpc) is 2.46. The smallest absolute Gasteiger partial charge is 0.343 e. The maximum atomic E-state index is 12.1. The number of benzene rings is 2. The second-order valence-corrected chi connectivity index (χ2v) is 5.90. The minimum Gasteiger partial charge on any atom is -0.459 e. The maximum Gasteiger partial charge on any atom is 0.343 e. The number of carbonyl (C=O) groups excluding carboxylic acids is 2. The number of hydrogen-bond donors (Lipinski definition) is 0. The fourth-order valence-corrected chi connectivity index (χ4v) is 2.30. The molecule has 0 aliphatic rings. The highest BCUT2D eigenvalue weighted by atomic mass is 35.5. The number of halogens is 2. The van der Waals surface area contributed by atoms with E-state index in [-0.39, 0.29) is 11.7 Å². The van der Waals surface area contributed by atoms with E-state index in [1.54, 1.807) is 13.8 Å². The lowest BCUT2D eigenvalue weighted by atomic mass is 10.2. The molecule has 2 aromatic rings. The Morgan fingerprint density at radius 3 is 1.96 bits per heavy atom. The Morgan fingerprint density at radius 2 is 1.43 bits per heavy atom. The Morgan fingerprint density at radius 1 is 0.870 bits per heavy atom. The molecule has 0 radical (unpaired) electrons. The van der Waals surface area contributed by atoms with Crippen LogP contribution in [0.15, 0.2) is 42.5 Å². The van der Waals surface area contributed by atoms with Crippen LogP contribution < -0.4 is 4.74 Å². The lowest BCUT2D eigenvalue weighted by Gasteiger charge is -2.09. The van der Waals surface area contributed by atoms with Crippen molar-refractivity contribution < 1.29 is 19.1 Å². The summed E-state index contributed by atoms with van der Waals surface area (Å²) in [5, 5.41) is 0.687. The Labute approximate surface area is 143 Å². The number of rotatable bonds is 4. The third-order valence-corrected chi connectivity index (χ3v) is 3.18. The molecule has 0 fully saturated rings. The molecule has 0 saturated carbocycles. The van der Waals surface area contributed by atoms with Gasteiger partial charge in [-0.1, -0.05) is 23.2 Å². The molecule has 0 aliphatic carbocycles. The van der Waals surface area contributed by atoms with Gasteiger partial charge in [0.15, 0.2) is 0 Å². The van der Waals surface area contributed by atoms with Gasteiger partial charge in [-0.3, -0.25) is 0 Å². The first-order chi connectivity index (χ1) is 10.8. The van der Waals surface area contributed by atoms with Crippen molar-refractivity contribution >= 4 is 35.1 Å². The van der Waals surface area contributed by atoms with E-state index in [2.05, 4.69) is 0 Å². The van der Waals surface area contributed by atoms with Crippen molar-refractivity contribution in [3.8, 4) is 5.75 Å². The zero-order chi connectivity index (χ0) is 17.0. The molecule has 0 heterocycles. The van der Waals surface area contributed by atoms with Crippen LogP contribution in [0.4, 0.5) is 0 Å². The van der Waals surface area contributed by atoms with E-state index < -0.39 is 11.9 Å². The lowest BCUT2D eigenvalue weighted by Crippen LogP contribution is -2.12. The minimum absolute atomic E-state index is 0.201. The zero-order valence-corrected chi connectivity index (χ0v) is 14.0. The summed E-state index contributed by atoms with van der Waals surface area (Å²) >= 11 is 11.7. The molecule has 0 spiro atoms. The van der Waals surface area contributed by atoms with Crippen LogP contribution >= 0.6 is 23.2 Å². The molecular formula is C17H14Cl2O4. The van der Waals surface area contributed by atoms with Crippen LogP contribution in [-0.4, -0.2) is 18.0 Å². The van der Waals surface area contributed by atoms with Crippen LogP contribution in [0.1, 0.15) is 34.6 Å². The largest absolute Gasteiger partial charge is 0.459 e. The van der Waals surface area contributed by atoms with Gasteiger partial charge in [0.1, 0.15) is 5.75 Å². The van der Waals surface area contributed by atoms with Gasteiger partial charge < -0.3 is 9.47 Å². The molecule has 0 unspecified atom stereocenters. The summed E-state index contributed by atoms with van der Waals surface area (Å²) in [7, 11) is 0. The molecule has 0 atom stereocenters. The standard InChI is InChI=1S/C17H14Cl2O4/c1-10(2)22-16(20)11-3-5-15(6-4-11)23-17(21)12-7-13(18)9-14(19)8-12/h3-10H,1-2H3. The molecular weight excluding hydrogens is 339 g/mol. The van der Waals surface area contributed by atoms with Crippen molar-refractivity contribution in [1.29, 1.82) is 0 Å². The van der Waals surface area contributed by atoms with E-state index >= 15 is 0 Å². The van der Waals surface area contributed by atoms with Gasteiger partial charge in [0.25, 0.3) is 0 Å². The Kier molecular flexibility index (Phi) is 5.64. The summed E-state index contributed by atoms with van der Waals surface area (Å²) in [5.41, 5.74) is 0.620. The van der Waals surface area contributed by atoms with Gasteiger partial charge in [-0.05, 0) is 56.3 Å². The second-order valence-electron chi connectivity index (χ2n) is 5.03. The number of hydrogen-bond acceptors (Lipinski definition) is 4. The molecule has 2 aromatic carbocycles. The van der Waals surface area contributed by atoms with Crippen LogP contribution in [0.5, 0.6) is 5.75 Å². The Bertz CT molecular complexity index is 704.